The van der Waals surface area contributed by atoms with E-state index in [2.05, 4.69) is 32.7 Å². The topological polar surface area (TPSA) is 92.8 Å². The van der Waals surface area contributed by atoms with E-state index in [0.29, 0.717) is 17.2 Å². The lowest BCUT2D eigenvalue weighted by Crippen LogP contribution is -2.41. The second-order valence-corrected chi connectivity index (χ2v) is 7.61. The van der Waals surface area contributed by atoms with Gasteiger partial charge in [-0.05, 0) is 41.8 Å². The number of ether oxygens (including phenoxy) is 2. The molecule has 1 atom stereocenters. The van der Waals surface area contributed by atoms with Gasteiger partial charge < -0.3 is 25.0 Å². The Hall–Kier alpha value is -4.07. The van der Waals surface area contributed by atoms with E-state index in [1.54, 1.807) is 30.6 Å². The van der Waals surface area contributed by atoms with Crippen molar-refractivity contribution in [3.05, 3.63) is 78.1 Å². The molecule has 8 heteroatoms. The zero-order chi connectivity index (χ0) is 21.9. The molecule has 8 nitrogen and oxygen atoms in total. The molecule has 2 N–H and O–H groups in total. The first kappa shape index (κ1) is 19.9. The van der Waals surface area contributed by atoms with E-state index in [1.165, 1.54) is 5.56 Å². The Morgan fingerprint density at radius 2 is 1.91 bits per heavy atom. The quantitative estimate of drug-likeness (QED) is 0.605. The van der Waals surface area contributed by atoms with Crippen LogP contribution in [0.4, 0.5) is 11.4 Å². The summed E-state index contributed by atoms with van der Waals surface area (Å²) in [4.78, 5) is 31.5. The third kappa shape index (κ3) is 3.94. The summed E-state index contributed by atoms with van der Waals surface area (Å²) in [5.74, 6) is -0.301. The molecule has 32 heavy (non-hydrogen) atoms. The minimum atomic E-state index is -0.740. The van der Waals surface area contributed by atoms with Crippen LogP contribution >= 0.6 is 0 Å². The zero-order valence-corrected chi connectivity index (χ0v) is 17.3. The highest BCUT2D eigenvalue weighted by atomic mass is 16.7. The van der Waals surface area contributed by atoms with Gasteiger partial charge in [-0.1, -0.05) is 24.3 Å². The first-order valence-corrected chi connectivity index (χ1v) is 10.4. The summed E-state index contributed by atoms with van der Waals surface area (Å²) in [5.41, 5.74) is 3.85. The van der Waals surface area contributed by atoms with Gasteiger partial charge in [0, 0.05) is 42.9 Å². The number of amides is 2. The molecule has 2 aromatic carbocycles. The van der Waals surface area contributed by atoms with Crippen molar-refractivity contribution in [3.63, 3.8) is 0 Å². The molecule has 0 unspecified atom stereocenters. The molecule has 0 bridgehead atoms. The number of anilines is 2. The molecule has 5 rings (SSSR count). The summed E-state index contributed by atoms with van der Waals surface area (Å²) in [6, 6.07) is 16.9. The molecule has 0 aliphatic carbocycles. The number of nitrogens with one attached hydrogen (secondary N) is 2. The van der Waals surface area contributed by atoms with Gasteiger partial charge in [0.25, 0.3) is 0 Å². The Labute approximate surface area is 185 Å². The fourth-order valence-corrected chi connectivity index (χ4v) is 4.10. The largest absolute Gasteiger partial charge is 0.454 e. The second kappa shape index (κ2) is 8.58. The van der Waals surface area contributed by atoms with E-state index in [0.717, 1.165) is 24.2 Å². The van der Waals surface area contributed by atoms with Gasteiger partial charge >= 0.3 is 11.8 Å². The Bertz CT molecular complexity index is 1150. The summed E-state index contributed by atoms with van der Waals surface area (Å²) in [6.07, 6.45) is 4.45. The van der Waals surface area contributed by atoms with Crippen LogP contribution in [0.3, 0.4) is 0 Å². The number of fused-ring (bicyclic) bond motifs is 2. The molecule has 0 spiro atoms. The van der Waals surface area contributed by atoms with Crippen LogP contribution in [0, 0.1) is 0 Å². The van der Waals surface area contributed by atoms with Crippen molar-refractivity contribution in [1.29, 1.82) is 0 Å². The Kier molecular flexibility index (Phi) is 5.33. The zero-order valence-electron chi connectivity index (χ0n) is 17.3. The number of pyridine rings is 1. The summed E-state index contributed by atoms with van der Waals surface area (Å²) < 4.78 is 10.6. The molecule has 0 saturated heterocycles. The van der Waals surface area contributed by atoms with Crippen molar-refractivity contribution in [1.82, 2.24) is 10.3 Å². The van der Waals surface area contributed by atoms with Crippen molar-refractivity contribution in [2.75, 3.05) is 30.1 Å². The van der Waals surface area contributed by atoms with Crippen molar-refractivity contribution >= 4 is 23.2 Å². The molecule has 0 saturated carbocycles. The summed E-state index contributed by atoms with van der Waals surface area (Å²) in [5, 5.41) is 5.39. The summed E-state index contributed by atoms with van der Waals surface area (Å²) in [7, 11) is 0. The number of nitrogens with zero attached hydrogens (tertiary/aromatic N) is 2. The van der Waals surface area contributed by atoms with Crippen LogP contribution in [0.2, 0.25) is 0 Å². The minimum Gasteiger partial charge on any atom is -0.454 e. The second-order valence-electron chi connectivity index (χ2n) is 7.61. The van der Waals surface area contributed by atoms with Crippen LogP contribution < -0.4 is 25.0 Å². The van der Waals surface area contributed by atoms with Crippen molar-refractivity contribution in [3.8, 4) is 11.5 Å². The lowest BCUT2D eigenvalue weighted by molar-refractivity contribution is -0.136. The monoisotopic (exact) mass is 430 g/mol. The van der Waals surface area contributed by atoms with Gasteiger partial charge in [-0.25, -0.2) is 0 Å². The number of rotatable bonds is 5. The highest BCUT2D eigenvalue weighted by molar-refractivity contribution is 6.39. The Balaban J connectivity index is 1.28. The highest BCUT2D eigenvalue weighted by Crippen LogP contribution is 2.35. The van der Waals surface area contributed by atoms with Crippen molar-refractivity contribution < 1.29 is 19.1 Å². The third-order valence-corrected chi connectivity index (χ3v) is 5.66. The maximum Gasteiger partial charge on any atom is 0.313 e. The Morgan fingerprint density at radius 1 is 1.03 bits per heavy atom. The van der Waals surface area contributed by atoms with Crippen LogP contribution in [-0.4, -0.2) is 36.7 Å². The molecule has 2 aliphatic heterocycles. The van der Waals surface area contributed by atoms with Crippen LogP contribution in [0.25, 0.3) is 0 Å². The third-order valence-electron chi connectivity index (χ3n) is 5.66. The van der Waals surface area contributed by atoms with Gasteiger partial charge in [-0.2, -0.15) is 0 Å². The smallest absolute Gasteiger partial charge is 0.313 e. The number of para-hydroxylation sites is 1. The van der Waals surface area contributed by atoms with Crippen LogP contribution in [-0.2, 0) is 16.0 Å². The van der Waals surface area contributed by atoms with Crippen LogP contribution in [0.5, 0.6) is 11.5 Å². The van der Waals surface area contributed by atoms with Crippen LogP contribution in [0.1, 0.15) is 17.2 Å². The molecule has 0 fully saturated rings. The molecular weight excluding hydrogens is 408 g/mol. The van der Waals surface area contributed by atoms with Crippen molar-refractivity contribution in [2.24, 2.45) is 0 Å². The fraction of sp³-hybridized carbons (Fsp3) is 0.208. The number of hydrogen-bond acceptors (Lipinski definition) is 6. The van der Waals surface area contributed by atoms with E-state index < -0.39 is 11.8 Å². The first-order valence-electron chi connectivity index (χ1n) is 10.4. The predicted octanol–water partition coefficient (Wildman–Crippen LogP) is 2.67. The van der Waals surface area contributed by atoms with Gasteiger partial charge in [0.2, 0.25) is 6.79 Å². The first-order chi connectivity index (χ1) is 15.7. The van der Waals surface area contributed by atoms with Gasteiger partial charge in [-0.3, -0.25) is 14.6 Å². The van der Waals surface area contributed by atoms with Gasteiger partial charge in [0.1, 0.15) is 0 Å². The van der Waals surface area contributed by atoms with Gasteiger partial charge in [0.15, 0.2) is 11.5 Å². The standard InChI is InChI=1S/C24H22N4O4/c29-23(24(30)27-18-7-8-21-22(12-18)32-15-31-21)26-14-20(17-5-3-10-25-13-17)28-11-9-16-4-1-2-6-19(16)28/h1-8,10,12-13,20H,9,11,14-15H2,(H,26,29)(H,27,30)/t20-/m1/s1. The molecule has 2 aliphatic rings. The number of hydrogen-bond donors (Lipinski definition) is 2. The van der Waals surface area contributed by atoms with E-state index >= 15 is 0 Å². The summed E-state index contributed by atoms with van der Waals surface area (Å²) in [6.45, 7) is 1.24. The number of aromatic nitrogens is 1. The maximum atomic E-state index is 12.6. The average Bonchev–Trinajstić information content (AvgIpc) is 3.47. The lowest BCUT2D eigenvalue weighted by Gasteiger charge is -2.30. The summed E-state index contributed by atoms with van der Waals surface area (Å²) >= 11 is 0. The molecule has 162 valence electrons. The van der Waals surface area contributed by atoms with Gasteiger partial charge in [-0.15, -0.1) is 0 Å². The molecule has 3 heterocycles. The van der Waals surface area contributed by atoms with Crippen LogP contribution in [0.15, 0.2) is 67.0 Å². The number of carbonyl (C=O) groups excluding carboxylic acids is 2. The molecule has 2 amide bonds. The number of benzene rings is 2. The fourth-order valence-electron chi connectivity index (χ4n) is 4.10. The van der Waals surface area contributed by atoms with E-state index in [-0.39, 0.29) is 19.4 Å². The van der Waals surface area contributed by atoms with E-state index in [1.807, 2.05) is 24.3 Å². The van der Waals surface area contributed by atoms with Crippen molar-refractivity contribution in [2.45, 2.75) is 12.5 Å². The molecule has 1 aromatic heterocycles. The SMILES string of the molecule is O=C(NC[C@H](c1cccnc1)N1CCc2ccccc21)C(=O)Nc1ccc2c(c1)OCO2. The molecular formula is C24H22N4O4. The maximum absolute atomic E-state index is 12.6. The van der Waals surface area contributed by atoms with E-state index in [9.17, 15) is 9.59 Å². The molecule has 3 aromatic rings. The Morgan fingerprint density at radius 3 is 2.78 bits per heavy atom. The predicted molar refractivity (Wildman–Crippen MR) is 119 cm³/mol. The number of carbonyl (C=O) groups is 2. The lowest BCUT2D eigenvalue weighted by atomic mass is 10.1. The normalized spacial score (nSPS) is 14.6. The molecule has 0 radical (unpaired) electrons. The van der Waals surface area contributed by atoms with Gasteiger partial charge in [0.05, 0.1) is 6.04 Å². The minimum absolute atomic E-state index is 0.141. The average molecular weight is 430 g/mol. The highest BCUT2D eigenvalue weighted by Gasteiger charge is 2.28. The van der Waals surface area contributed by atoms with E-state index in [4.69, 9.17) is 9.47 Å².